The van der Waals surface area contributed by atoms with Gasteiger partial charge < -0.3 is 20.8 Å². The molecule has 4 saturated carbocycles. The number of hydrogen-bond acceptors (Lipinski definition) is 3. The average Bonchev–Trinajstić information content (AvgIpc) is 3.10. The molecule has 4 aliphatic carbocycles. The van der Waals surface area contributed by atoms with Gasteiger partial charge >= 0.3 is 6.03 Å². The number of nitrogens with two attached hydrogens (primary N) is 1. The zero-order valence-corrected chi connectivity index (χ0v) is 21.1. The monoisotopic (exact) mass is 448 g/mol. The maximum absolute atomic E-state index is 11.8. The second kappa shape index (κ2) is 8.76. The molecule has 5 nitrogen and oxygen atoms in total. The van der Waals surface area contributed by atoms with Gasteiger partial charge in [0, 0.05) is 13.6 Å². The molecule has 0 aromatic carbocycles. The largest absolute Gasteiger partial charge is 0.393 e. The molecule has 3 unspecified atom stereocenters. The molecule has 2 amide bonds. The molecule has 0 bridgehead atoms. The quantitative estimate of drug-likeness (QED) is 0.572. The Morgan fingerprint density at radius 2 is 1.72 bits per heavy atom. The lowest BCUT2D eigenvalue weighted by molar-refractivity contribution is -0.203. The molecular formula is C27H48N2O3. The van der Waals surface area contributed by atoms with Crippen LogP contribution in [0.4, 0.5) is 4.79 Å². The number of amides is 2. The zero-order chi connectivity index (χ0) is 23.4. The van der Waals surface area contributed by atoms with Crippen LogP contribution in [0.5, 0.6) is 0 Å². The van der Waals surface area contributed by atoms with Gasteiger partial charge in [0.1, 0.15) is 0 Å². The molecule has 0 saturated heterocycles. The molecule has 4 fully saturated rings. The summed E-state index contributed by atoms with van der Waals surface area (Å²) in [7, 11) is 1.79. The molecular weight excluding hydrogens is 400 g/mol. The first-order chi connectivity index (χ1) is 15.0. The Kier molecular flexibility index (Phi) is 6.66. The molecule has 11 atom stereocenters. The van der Waals surface area contributed by atoms with E-state index in [2.05, 4.69) is 27.7 Å². The van der Waals surface area contributed by atoms with Gasteiger partial charge in [-0.05, 0) is 104 Å². The van der Waals surface area contributed by atoms with Gasteiger partial charge in [-0.15, -0.1) is 0 Å². The fourth-order valence-corrected chi connectivity index (χ4v) is 9.64. The van der Waals surface area contributed by atoms with E-state index in [9.17, 15) is 15.0 Å². The average molecular weight is 449 g/mol. The number of carbonyl (C=O) groups is 1. The number of hydrogen-bond donors (Lipinski definition) is 3. The Morgan fingerprint density at radius 1 is 1.06 bits per heavy atom. The maximum Gasteiger partial charge on any atom is 0.314 e. The van der Waals surface area contributed by atoms with Crippen molar-refractivity contribution < 1.29 is 15.0 Å². The van der Waals surface area contributed by atoms with Crippen LogP contribution in [-0.2, 0) is 0 Å². The van der Waals surface area contributed by atoms with Gasteiger partial charge in [-0.25, -0.2) is 4.79 Å². The van der Waals surface area contributed by atoms with E-state index in [1.807, 2.05) is 0 Å². The van der Waals surface area contributed by atoms with E-state index in [4.69, 9.17) is 5.73 Å². The summed E-state index contributed by atoms with van der Waals surface area (Å²) in [4.78, 5) is 13.1. The molecule has 184 valence electrons. The van der Waals surface area contributed by atoms with Crippen LogP contribution in [0.15, 0.2) is 0 Å². The van der Waals surface area contributed by atoms with Gasteiger partial charge in [0.05, 0.1) is 12.2 Å². The SMILES string of the molecule is CC[C@@H]1C2C[C@H](O)CC[C@@]2(C)[C@H]2CCC3(C)[C@@H]([C@H](C)CCN(C)C(N)=O)CC[C@H]3C2[C@@H]1O. The Hall–Kier alpha value is -0.810. The first kappa shape index (κ1) is 24.3. The van der Waals surface area contributed by atoms with Gasteiger partial charge in [0.2, 0.25) is 0 Å². The van der Waals surface area contributed by atoms with Crippen molar-refractivity contribution in [2.45, 2.75) is 97.7 Å². The second-order valence-electron chi connectivity index (χ2n) is 12.6. The van der Waals surface area contributed by atoms with Crippen LogP contribution in [0.25, 0.3) is 0 Å². The number of aliphatic hydroxyl groups is 2. The second-order valence-corrected chi connectivity index (χ2v) is 12.6. The molecule has 4 aliphatic rings. The minimum absolute atomic E-state index is 0.185. The number of nitrogens with zero attached hydrogens (tertiary/aromatic N) is 1. The molecule has 4 rings (SSSR count). The normalized spacial score (nSPS) is 49.0. The lowest BCUT2D eigenvalue weighted by Crippen LogP contribution is -2.62. The van der Waals surface area contributed by atoms with Crippen molar-refractivity contribution in [2.24, 2.45) is 58.0 Å². The summed E-state index contributed by atoms with van der Waals surface area (Å²) in [5.41, 5.74) is 5.98. The maximum atomic E-state index is 11.8. The van der Waals surface area contributed by atoms with E-state index in [0.717, 1.165) is 38.6 Å². The van der Waals surface area contributed by atoms with Crippen LogP contribution in [0.3, 0.4) is 0 Å². The molecule has 5 heteroatoms. The van der Waals surface area contributed by atoms with E-state index < -0.39 is 0 Å². The summed E-state index contributed by atoms with van der Waals surface area (Å²) in [6, 6.07) is -0.343. The van der Waals surface area contributed by atoms with E-state index in [-0.39, 0.29) is 29.1 Å². The molecule has 0 heterocycles. The smallest absolute Gasteiger partial charge is 0.314 e. The molecule has 0 radical (unpaired) electrons. The predicted molar refractivity (Wildman–Crippen MR) is 128 cm³/mol. The van der Waals surface area contributed by atoms with Crippen LogP contribution >= 0.6 is 0 Å². The van der Waals surface area contributed by atoms with E-state index >= 15 is 0 Å². The number of urea groups is 1. The Bertz CT molecular complexity index is 700. The van der Waals surface area contributed by atoms with Crippen molar-refractivity contribution in [3.05, 3.63) is 0 Å². The van der Waals surface area contributed by atoms with Crippen LogP contribution in [0.1, 0.15) is 85.5 Å². The highest BCUT2D eigenvalue weighted by Crippen LogP contribution is 2.69. The lowest BCUT2D eigenvalue weighted by atomic mass is 9.41. The third kappa shape index (κ3) is 3.70. The van der Waals surface area contributed by atoms with Gasteiger partial charge in [-0.3, -0.25) is 0 Å². The topological polar surface area (TPSA) is 86.8 Å². The molecule has 0 aromatic heterocycles. The van der Waals surface area contributed by atoms with Gasteiger partial charge in [-0.1, -0.05) is 34.1 Å². The number of rotatable bonds is 5. The number of primary amides is 1. The first-order valence-corrected chi connectivity index (χ1v) is 13.4. The Labute approximate surface area is 195 Å². The van der Waals surface area contributed by atoms with Gasteiger partial charge in [0.25, 0.3) is 0 Å². The fourth-order valence-electron chi connectivity index (χ4n) is 9.64. The summed E-state index contributed by atoms with van der Waals surface area (Å²) < 4.78 is 0. The summed E-state index contributed by atoms with van der Waals surface area (Å²) in [6.07, 6.45) is 9.48. The molecule has 4 N–H and O–H groups in total. The highest BCUT2D eigenvalue weighted by atomic mass is 16.3. The van der Waals surface area contributed by atoms with Crippen LogP contribution in [0.2, 0.25) is 0 Å². The van der Waals surface area contributed by atoms with E-state index in [0.29, 0.717) is 41.4 Å². The third-order valence-electron chi connectivity index (χ3n) is 11.4. The third-order valence-corrected chi connectivity index (χ3v) is 11.4. The van der Waals surface area contributed by atoms with E-state index in [1.165, 1.54) is 25.7 Å². The molecule has 0 spiro atoms. The Morgan fingerprint density at radius 3 is 2.38 bits per heavy atom. The molecule has 32 heavy (non-hydrogen) atoms. The highest BCUT2D eigenvalue weighted by Gasteiger charge is 2.64. The fraction of sp³-hybridized carbons (Fsp3) is 0.963. The van der Waals surface area contributed by atoms with Crippen LogP contribution in [-0.4, -0.2) is 46.9 Å². The Balaban J connectivity index is 1.56. The van der Waals surface area contributed by atoms with Crippen LogP contribution < -0.4 is 5.73 Å². The van der Waals surface area contributed by atoms with Crippen molar-refractivity contribution in [3.63, 3.8) is 0 Å². The van der Waals surface area contributed by atoms with Gasteiger partial charge in [-0.2, -0.15) is 0 Å². The lowest BCUT2D eigenvalue weighted by Gasteiger charge is -2.64. The van der Waals surface area contributed by atoms with Crippen molar-refractivity contribution >= 4 is 6.03 Å². The standard InChI is InChI=1S/C27H48N2O3/c1-6-18-22-15-17(30)9-12-27(22,4)21-10-13-26(3)19(7-8-20(26)23(21)24(18)31)16(2)11-14-29(5)25(28)32/h16-24,30-31H,6-15H2,1-5H3,(H2,28,32)/t16-,17-,18-,19-,20+,21+,22?,23?,24-,26?,27+/m1/s1. The summed E-state index contributed by atoms with van der Waals surface area (Å²) in [5, 5.41) is 22.2. The number of fused-ring (bicyclic) bond motifs is 5. The first-order valence-electron chi connectivity index (χ1n) is 13.4. The minimum Gasteiger partial charge on any atom is -0.393 e. The zero-order valence-electron chi connectivity index (χ0n) is 21.1. The summed E-state index contributed by atoms with van der Waals surface area (Å²) in [5.74, 6) is 3.57. The predicted octanol–water partition coefficient (Wildman–Crippen LogP) is 4.65. The molecule has 0 aromatic rings. The number of carbonyl (C=O) groups excluding carboxylic acids is 1. The van der Waals surface area contributed by atoms with Crippen molar-refractivity contribution in [3.8, 4) is 0 Å². The number of aliphatic hydroxyl groups excluding tert-OH is 2. The summed E-state index contributed by atoms with van der Waals surface area (Å²) in [6.45, 7) is 10.4. The summed E-state index contributed by atoms with van der Waals surface area (Å²) >= 11 is 0. The molecule has 0 aliphatic heterocycles. The van der Waals surface area contributed by atoms with Crippen LogP contribution in [0, 0.1) is 52.3 Å². The van der Waals surface area contributed by atoms with Gasteiger partial charge in [0.15, 0.2) is 0 Å². The van der Waals surface area contributed by atoms with Crippen molar-refractivity contribution in [2.75, 3.05) is 13.6 Å². The minimum atomic E-state index is -0.343. The van der Waals surface area contributed by atoms with E-state index in [1.54, 1.807) is 11.9 Å². The highest BCUT2D eigenvalue weighted by molar-refractivity contribution is 5.71. The van der Waals surface area contributed by atoms with Crippen molar-refractivity contribution in [1.29, 1.82) is 0 Å². The van der Waals surface area contributed by atoms with Crippen molar-refractivity contribution in [1.82, 2.24) is 4.90 Å².